The predicted octanol–water partition coefficient (Wildman–Crippen LogP) is -0.926. The van der Waals surface area contributed by atoms with Crippen molar-refractivity contribution in [3.05, 3.63) is 0 Å². The van der Waals surface area contributed by atoms with Crippen LogP contribution in [0.25, 0.3) is 0 Å². The van der Waals surface area contributed by atoms with Crippen LogP contribution in [0.5, 0.6) is 0 Å². The van der Waals surface area contributed by atoms with E-state index in [4.69, 9.17) is 5.73 Å². The van der Waals surface area contributed by atoms with E-state index in [2.05, 4.69) is 5.32 Å². The molecule has 0 bridgehead atoms. The van der Waals surface area contributed by atoms with Crippen LogP contribution in [0.4, 0.5) is 0 Å². The van der Waals surface area contributed by atoms with Gasteiger partial charge in [-0.15, -0.1) is 0 Å². The van der Waals surface area contributed by atoms with Crippen LogP contribution in [-0.4, -0.2) is 42.9 Å². The highest BCUT2D eigenvalue weighted by Gasteiger charge is 2.39. The summed E-state index contributed by atoms with van der Waals surface area (Å²) in [5.74, 6) is -1.36. The fraction of sp³-hybridized carbons (Fsp3) is 0.800. The van der Waals surface area contributed by atoms with Crippen molar-refractivity contribution in [3.63, 3.8) is 0 Å². The van der Waals surface area contributed by atoms with Crippen LogP contribution < -0.4 is 11.1 Å². The summed E-state index contributed by atoms with van der Waals surface area (Å²) in [7, 11) is 0. The molecule has 0 saturated carbocycles. The van der Waals surface area contributed by atoms with E-state index < -0.39 is 11.8 Å². The highest BCUT2D eigenvalue weighted by molar-refractivity contribution is 6.34. The number of nitrogens with zero attached hydrogens (tertiary/aromatic N) is 1. The molecule has 0 aromatic carbocycles. The number of hydrogen-bond acceptors (Lipinski definition) is 3. The van der Waals surface area contributed by atoms with Gasteiger partial charge in [0.2, 0.25) is 0 Å². The third kappa shape index (κ3) is 1.97. The summed E-state index contributed by atoms with van der Waals surface area (Å²) in [4.78, 5) is 23.9. The number of piperidine rings is 1. The summed E-state index contributed by atoms with van der Waals surface area (Å²) >= 11 is 0. The molecule has 2 aliphatic heterocycles. The maximum atomic E-state index is 11.5. The first-order valence-corrected chi connectivity index (χ1v) is 5.42. The Morgan fingerprint density at radius 1 is 1.33 bits per heavy atom. The minimum Gasteiger partial charge on any atom is -0.361 e. The highest BCUT2D eigenvalue weighted by Crippen LogP contribution is 2.35. The first-order valence-electron chi connectivity index (χ1n) is 5.42. The number of hydrogen-bond donors (Lipinski definition) is 2. The summed E-state index contributed by atoms with van der Waals surface area (Å²) in [5.41, 5.74) is 5.21. The van der Waals surface area contributed by atoms with Gasteiger partial charge in [-0.3, -0.25) is 9.59 Å². The molecule has 0 radical (unpaired) electrons. The number of nitrogens with two attached hydrogens (primary N) is 1. The second kappa shape index (κ2) is 3.81. The van der Waals surface area contributed by atoms with E-state index in [0.717, 1.165) is 32.4 Å². The molecule has 3 N–H and O–H groups in total. The van der Waals surface area contributed by atoms with Crippen LogP contribution in [0.2, 0.25) is 0 Å². The van der Waals surface area contributed by atoms with Gasteiger partial charge in [0.05, 0.1) is 0 Å². The monoisotopic (exact) mass is 211 g/mol. The molecule has 2 fully saturated rings. The lowest BCUT2D eigenvalue weighted by atomic mass is 9.79. The second-order valence-corrected chi connectivity index (χ2v) is 4.62. The van der Waals surface area contributed by atoms with E-state index in [-0.39, 0.29) is 5.41 Å². The van der Waals surface area contributed by atoms with Crippen LogP contribution >= 0.6 is 0 Å². The van der Waals surface area contributed by atoms with E-state index in [9.17, 15) is 9.59 Å². The van der Waals surface area contributed by atoms with Crippen molar-refractivity contribution in [3.8, 4) is 0 Å². The van der Waals surface area contributed by atoms with Crippen LogP contribution in [0.3, 0.4) is 0 Å². The third-order valence-corrected chi connectivity index (χ3v) is 3.49. The highest BCUT2D eigenvalue weighted by atomic mass is 16.2. The average Bonchev–Trinajstić information content (AvgIpc) is 2.65. The molecule has 2 aliphatic rings. The molecular weight excluding hydrogens is 194 g/mol. The number of carbonyl (C=O) groups is 2. The fourth-order valence-corrected chi connectivity index (χ4v) is 2.68. The predicted molar refractivity (Wildman–Crippen MR) is 54.9 cm³/mol. The summed E-state index contributed by atoms with van der Waals surface area (Å²) in [6.45, 7) is 3.32. The van der Waals surface area contributed by atoms with Gasteiger partial charge in [-0.1, -0.05) is 0 Å². The standard InChI is InChI=1S/C10H17N3O2/c11-8(14)9(15)13-5-1-2-10(7-13)3-4-12-6-10/h12H,1-7H2,(H2,11,14)/t10-/m0/s1. The summed E-state index contributed by atoms with van der Waals surface area (Å²) in [6, 6.07) is 0. The quantitative estimate of drug-likeness (QED) is 0.508. The molecule has 5 nitrogen and oxygen atoms in total. The van der Waals surface area contributed by atoms with Crippen molar-refractivity contribution in [1.29, 1.82) is 0 Å². The smallest absolute Gasteiger partial charge is 0.311 e. The zero-order valence-corrected chi connectivity index (χ0v) is 8.79. The van der Waals surface area contributed by atoms with Crippen LogP contribution in [0, 0.1) is 5.41 Å². The Labute approximate surface area is 89.0 Å². The van der Waals surface area contributed by atoms with Gasteiger partial charge in [0, 0.05) is 25.0 Å². The van der Waals surface area contributed by atoms with E-state index in [1.165, 1.54) is 0 Å². The lowest BCUT2D eigenvalue weighted by Gasteiger charge is -2.39. The Bertz CT molecular complexity index is 284. The molecule has 0 aliphatic carbocycles. The van der Waals surface area contributed by atoms with Crippen molar-refractivity contribution in [2.24, 2.45) is 11.1 Å². The van der Waals surface area contributed by atoms with Gasteiger partial charge in [0.1, 0.15) is 0 Å². The van der Waals surface area contributed by atoms with Gasteiger partial charge in [-0.05, 0) is 25.8 Å². The molecule has 2 heterocycles. The van der Waals surface area contributed by atoms with Gasteiger partial charge in [0.15, 0.2) is 0 Å². The largest absolute Gasteiger partial charge is 0.361 e. The topological polar surface area (TPSA) is 75.4 Å². The molecule has 1 spiro atoms. The number of amides is 2. The number of rotatable bonds is 0. The maximum absolute atomic E-state index is 11.5. The van der Waals surface area contributed by atoms with Gasteiger partial charge in [-0.25, -0.2) is 0 Å². The molecular formula is C10H17N3O2. The van der Waals surface area contributed by atoms with Crippen LogP contribution in [-0.2, 0) is 9.59 Å². The van der Waals surface area contributed by atoms with E-state index >= 15 is 0 Å². The van der Waals surface area contributed by atoms with E-state index in [1.807, 2.05) is 0 Å². The molecule has 0 aromatic heterocycles. The first kappa shape index (κ1) is 10.4. The van der Waals surface area contributed by atoms with Gasteiger partial charge >= 0.3 is 11.8 Å². The molecule has 15 heavy (non-hydrogen) atoms. The second-order valence-electron chi connectivity index (χ2n) is 4.62. The molecule has 2 saturated heterocycles. The van der Waals surface area contributed by atoms with E-state index in [1.54, 1.807) is 4.90 Å². The first-order chi connectivity index (χ1) is 7.13. The van der Waals surface area contributed by atoms with Crippen molar-refractivity contribution in [2.45, 2.75) is 19.3 Å². The number of nitrogens with one attached hydrogen (secondary N) is 1. The average molecular weight is 211 g/mol. The summed E-state index contributed by atoms with van der Waals surface area (Å²) in [5, 5.41) is 3.32. The van der Waals surface area contributed by atoms with Gasteiger partial charge in [-0.2, -0.15) is 0 Å². The Morgan fingerprint density at radius 2 is 2.13 bits per heavy atom. The number of carbonyl (C=O) groups excluding carboxylic acids is 2. The third-order valence-electron chi connectivity index (χ3n) is 3.49. The van der Waals surface area contributed by atoms with Crippen molar-refractivity contribution in [1.82, 2.24) is 10.2 Å². The minimum absolute atomic E-state index is 0.198. The summed E-state index contributed by atoms with van der Waals surface area (Å²) in [6.07, 6.45) is 3.21. The Kier molecular flexibility index (Phi) is 2.65. The van der Waals surface area contributed by atoms with Gasteiger partial charge in [0.25, 0.3) is 0 Å². The normalized spacial score (nSPS) is 30.8. The fourth-order valence-electron chi connectivity index (χ4n) is 2.68. The van der Waals surface area contributed by atoms with Crippen LogP contribution in [0.1, 0.15) is 19.3 Å². The lowest BCUT2D eigenvalue weighted by Crippen LogP contribution is -2.50. The molecule has 1 atom stereocenters. The lowest BCUT2D eigenvalue weighted by molar-refractivity contribution is -0.146. The molecule has 2 rings (SSSR count). The summed E-state index contributed by atoms with van der Waals surface area (Å²) < 4.78 is 0. The maximum Gasteiger partial charge on any atom is 0.311 e. The molecule has 2 amide bonds. The Balaban J connectivity index is 2.03. The molecule has 5 heteroatoms. The zero-order chi connectivity index (χ0) is 10.9. The van der Waals surface area contributed by atoms with Crippen molar-refractivity contribution in [2.75, 3.05) is 26.2 Å². The molecule has 0 aromatic rings. The zero-order valence-electron chi connectivity index (χ0n) is 8.79. The Morgan fingerprint density at radius 3 is 2.73 bits per heavy atom. The minimum atomic E-state index is -0.835. The molecule has 84 valence electrons. The van der Waals surface area contributed by atoms with Crippen molar-refractivity contribution >= 4 is 11.8 Å². The van der Waals surface area contributed by atoms with E-state index in [0.29, 0.717) is 13.1 Å². The van der Waals surface area contributed by atoms with Crippen molar-refractivity contribution < 1.29 is 9.59 Å². The van der Waals surface area contributed by atoms with Gasteiger partial charge < -0.3 is 16.0 Å². The number of likely N-dealkylation sites (tertiary alicyclic amines) is 1. The Hall–Kier alpha value is -1.10. The number of primary amides is 1. The molecule has 0 unspecified atom stereocenters. The SMILES string of the molecule is NC(=O)C(=O)N1CCC[C@@]2(CCNC2)C1. The van der Waals surface area contributed by atoms with Crippen LogP contribution in [0.15, 0.2) is 0 Å².